The number of carbonyl (C=O) groups excluding carboxylic acids is 1. The molecule has 2 heterocycles. The summed E-state index contributed by atoms with van der Waals surface area (Å²) in [5.41, 5.74) is 4.69. The van der Waals surface area contributed by atoms with Gasteiger partial charge in [-0.15, -0.1) is 0 Å². The van der Waals surface area contributed by atoms with E-state index < -0.39 is 4.92 Å². The lowest BCUT2D eigenvalue weighted by Gasteiger charge is -2.30. The average molecular weight is 407 g/mol. The third kappa shape index (κ3) is 4.18. The minimum atomic E-state index is -0.489. The zero-order valence-electron chi connectivity index (χ0n) is 17.1. The van der Waals surface area contributed by atoms with Crippen LogP contribution in [0.15, 0.2) is 36.4 Å². The predicted molar refractivity (Wildman–Crippen MR) is 116 cm³/mol. The van der Waals surface area contributed by atoms with Crippen molar-refractivity contribution in [2.24, 2.45) is 0 Å². The smallest absolute Gasteiger partial charge is 0.292 e. The average Bonchev–Trinajstić information content (AvgIpc) is 3.11. The van der Waals surface area contributed by atoms with E-state index in [1.165, 1.54) is 17.2 Å². The van der Waals surface area contributed by atoms with Crippen molar-refractivity contribution in [1.82, 2.24) is 14.9 Å². The van der Waals surface area contributed by atoms with Gasteiger partial charge in [0.1, 0.15) is 11.5 Å². The normalized spacial score (nSPS) is 15.4. The zero-order chi connectivity index (χ0) is 21.3. The molecule has 4 rings (SSSR count). The van der Waals surface area contributed by atoms with E-state index in [0.717, 1.165) is 42.8 Å². The Balaban J connectivity index is 1.35. The number of nitro benzene ring substituents is 1. The van der Waals surface area contributed by atoms with Crippen molar-refractivity contribution in [2.45, 2.75) is 32.6 Å². The van der Waals surface area contributed by atoms with Crippen molar-refractivity contribution in [1.29, 1.82) is 0 Å². The maximum atomic E-state index is 12.4. The molecule has 8 heteroatoms. The molecular formula is C22H25N5O3. The number of aryl methyl sites for hydroxylation is 2. The van der Waals surface area contributed by atoms with E-state index in [-0.39, 0.29) is 23.8 Å². The number of nitro groups is 1. The van der Waals surface area contributed by atoms with E-state index >= 15 is 0 Å². The number of piperidine rings is 1. The fourth-order valence-corrected chi connectivity index (χ4v) is 3.98. The molecule has 0 saturated carbocycles. The van der Waals surface area contributed by atoms with Crippen molar-refractivity contribution in [3.05, 3.63) is 63.5 Å². The zero-order valence-corrected chi connectivity index (χ0v) is 17.1. The number of amides is 1. The summed E-state index contributed by atoms with van der Waals surface area (Å²) in [6.07, 6.45) is 1.83. The molecule has 2 N–H and O–H groups in total. The molecule has 0 radical (unpaired) electrons. The largest absolute Gasteiger partial charge is 0.342 e. The van der Waals surface area contributed by atoms with Gasteiger partial charge in [-0.3, -0.25) is 19.8 Å². The molecule has 1 saturated heterocycles. The molecule has 1 aliphatic rings. The Labute approximate surface area is 174 Å². The lowest BCUT2D eigenvalue weighted by molar-refractivity contribution is -0.383. The maximum Gasteiger partial charge on any atom is 0.292 e. The third-order valence-electron chi connectivity index (χ3n) is 5.83. The van der Waals surface area contributed by atoms with E-state index in [9.17, 15) is 14.9 Å². The number of likely N-dealkylation sites (tertiary alicyclic amines) is 1. The molecule has 8 nitrogen and oxygen atoms in total. The van der Waals surface area contributed by atoms with Crippen LogP contribution in [-0.4, -0.2) is 45.3 Å². The highest BCUT2D eigenvalue weighted by Gasteiger charge is 2.25. The van der Waals surface area contributed by atoms with Crippen LogP contribution in [0.5, 0.6) is 0 Å². The monoisotopic (exact) mass is 407 g/mol. The van der Waals surface area contributed by atoms with Gasteiger partial charge < -0.3 is 10.3 Å². The number of anilines is 1. The molecule has 3 aromatic rings. The second-order valence-corrected chi connectivity index (χ2v) is 7.95. The molecule has 2 aromatic carbocycles. The highest BCUT2D eigenvalue weighted by atomic mass is 16.6. The molecule has 0 atom stereocenters. The summed E-state index contributed by atoms with van der Waals surface area (Å²) in [6, 6.07) is 10.4. The summed E-state index contributed by atoms with van der Waals surface area (Å²) in [5.74, 6) is 1.11. The van der Waals surface area contributed by atoms with Gasteiger partial charge in [-0.05, 0) is 69.1 Å². The van der Waals surface area contributed by atoms with Gasteiger partial charge >= 0.3 is 0 Å². The second-order valence-electron chi connectivity index (χ2n) is 7.95. The molecule has 30 heavy (non-hydrogen) atoms. The number of rotatable bonds is 5. The van der Waals surface area contributed by atoms with Gasteiger partial charge in [-0.25, -0.2) is 4.98 Å². The second kappa shape index (κ2) is 8.23. The van der Waals surface area contributed by atoms with Crippen molar-refractivity contribution in [3.8, 4) is 0 Å². The number of imidazole rings is 1. The summed E-state index contributed by atoms with van der Waals surface area (Å²) in [7, 11) is 0. The first-order chi connectivity index (χ1) is 14.4. The number of para-hydroxylation sites is 2. The first kappa shape index (κ1) is 20.0. The Morgan fingerprint density at radius 2 is 1.93 bits per heavy atom. The van der Waals surface area contributed by atoms with Crippen LogP contribution in [0, 0.1) is 24.0 Å². The highest BCUT2D eigenvalue weighted by Crippen LogP contribution is 2.29. The quantitative estimate of drug-likeness (QED) is 0.493. The molecule has 1 amide bonds. The highest BCUT2D eigenvalue weighted by molar-refractivity contribution is 5.94. The van der Waals surface area contributed by atoms with E-state index in [1.54, 1.807) is 18.2 Å². The minimum absolute atomic E-state index is 0.0973. The van der Waals surface area contributed by atoms with Gasteiger partial charge in [0.05, 0.1) is 22.5 Å². The Hall–Kier alpha value is -3.26. The summed E-state index contributed by atoms with van der Waals surface area (Å²) < 4.78 is 0. The fourth-order valence-electron chi connectivity index (χ4n) is 3.98. The number of carbonyl (C=O) groups is 1. The first-order valence-electron chi connectivity index (χ1n) is 10.1. The van der Waals surface area contributed by atoms with Crippen LogP contribution in [0.2, 0.25) is 0 Å². The number of benzene rings is 2. The number of nitrogens with one attached hydrogen (secondary N) is 2. The van der Waals surface area contributed by atoms with Crippen LogP contribution >= 0.6 is 0 Å². The molecule has 0 aliphatic carbocycles. The van der Waals surface area contributed by atoms with Crippen LogP contribution in [0.25, 0.3) is 11.0 Å². The van der Waals surface area contributed by atoms with Crippen molar-refractivity contribution in [3.63, 3.8) is 0 Å². The van der Waals surface area contributed by atoms with Crippen molar-refractivity contribution >= 4 is 28.3 Å². The summed E-state index contributed by atoms with van der Waals surface area (Å²) in [6.45, 7) is 5.98. The number of hydrogen-bond donors (Lipinski definition) is 2. The van der Waals surface area contributed by atoms with Crippen LogP contribution in [-0.2, 0) is 4.79 Å². The van der Waals surface area contributed by atoms with Gasteiger partial charge in [0, 0.05) is 12.0 Å². The fraction of sp³-hybridized carbons (Fsp3) is 0.364. The Morgan fingerprint density at radius 3 is 2.67 bits per heavy atom. The molecule has 156 valence electrons. The number of hydrogen-bond acceptors (Lipinski definition) is 5. The van der Waals surface area contributed by atoms with Crippen molar-refractivity contribution in [2.75, 3.05) is 25.0 Å². The van der Waals surface area contributed by atoms with Gasteiger partial charge in [-0.1, -0.05) is 12.1 Å². The van der Waals surface area contributed by atoms with E-state index in [1.807, 2.05) is 0 Å². The molecule has 0 unspecified atom stereocenters. The Morgan fingerprint density at radius 1 is 1.23 bits per heavy atom. The summed E-state index contributed by atoms with van der Waals surface area (Å²) >= 11 is 0. The lowest BCUT2D eigenvalue weighted by Crippen LogP contribution is -2.39. The Bertz CT molecular complexity index is 1060. The van der Waals surface area contributed by atoms with Gasteiger partial charge in [0.15, 0.2) is 0 Å². The van der Waals surface area contributed by atoms with Gasteiger partial charge in [0.2, 0.25) is 5.91 Å². The number of nitrogens with zero attached hydrogens (tertiary/aromatic N) is 3. The maximum absolute atomic E-state index is 12.4. The molecule has 1 aliphatic heterocycles. The van der Waals surface area contributed by atoms with Crippen LogP contribution in [0.4, 0.5) is 11.4 Å². The summed E-state index contributed by atoms with van der Waals surface area (Å²) in [5, 5.41) is 13.8. The van der Waals surface area contributed by atoms with Crippen LogP contribution in [0.3, 0.4) is 0 Å². The Kier molecular flexibility index (Phi) is 5.50. The van der Waals surface area contributed by atoms with Gasteiger partial charge in [-0.2, -0.15) is 0 Å². The van der Waals surface area contributed by atoms with E-state index in [2.05, 4.69) is 41.2 Å². The number of fused-ring (bicyclic) bond motifs is 1. The summed E-state index contributed by atoms with van der Waals surface area (Å²) in [4.78, 5) is 33.3. The number of aromatic amines is 1. The third-order valence-corrected chi connectivity index (χ3v) is 5.83. The van der Waals surface area contributed by atoms with Gasteiger partial charge in [0.25, 0.3) is 5.69 Å². The standard InChI is InChI=1S/C22H25N5O3/c1-14-11-18-19(12-15(14)2)25-22(24-18)16-7-9-26(10-8-16)13-21(28)23-17-5-3-4-6-20(17)27(29)30/h3-6,11-12,16H,7-10,13H2,1-2H3,(H,23,28)(H,24,25). The first-order valence-corrected chi connectivity index (χ1v) is 10.1. The predicted octanol–water partition coefficient (Wildman–Crippen LogP) is 3.91. The number of H-pyrrole nitrogens is 1. The van der Waals surface area contributed by atoms with Crippen LogP contribution < -0.4 is 5.32 Å². The van der Waals surface area contributed by atoms with Crippen LogP contribution in [0.1, 0.15) is 35.7 Å². The SMILES string of the molecule is Cc1cc2nc(C3CCN(CC(=O)Nc4ccccc4[N+](=O)[O-])CC3)[nH]c2cc1C. The molecule has 0 spiro atoms. The van der Waals surface area contributed by atoms with Crippen molar-refractivity contribution < 1.29 is 9.72 Å². The molecule has 0 bridgehead atoms. The van der Waals surface area contributed by atoms with E-state index in [0.29, 0.717) is 5.92 Å². The number of aromatic nitrogens is 2. The van der Waals surface area contributed by atoms with E-state index in [4.69, 9.17) is 4.98 Å². The molecular weight excluding hydrogens is 382 g/mol. The topological polar surface area (TPSA) is 104 Å². The molecule has 1 aromatic heterocycles. The molecule has 1 fully saturated rings. The minimum Gasteiger partial charge on any atom is -0.342 e. The lowest BCUT2D eigenvalue weighted by atomic mass is 9.96.